The number of amides is 2. The highest BCUT2D eigenvalue weighted by Gasteiger charge is 2.41. The molecule has 12 heteroatoms. The van der Waals surface area contributed by atoms with Crippen molar-refractivity contribution in [1.29, 1.82) is 0 Å². The second-order valence-electron chi connectivity index (χ2n) is 6.54. The summed E-state index contributed by atoms with van der Waals surface area (Å²) in [5.74, 6) is -0.574. The van der Waals surface area contributed by atoms with Crippen molar-refractivity contribution in [2.45, 2.75) is 46.1 Å². The van der Waals surface area contributed by atoms with Gasteiger partial charge in [-0.15, -0.1) is 0 Å². The van der Waals surface area contributed by atoms with Crippen LogP contribution in [0.2, 0.25) is 0 Å². The molecule has 0 heterocycles. The third-order valence-electron chi connectivity index (χ3n) is 3.39. The fraction of sp³-hybridized carbons (Fsp3) is 0.800. The monoisotopic (exact) mass is 429 g/mol. The van der Waals surface area contributed by atoms with Crippen molar-refractivity contribution in [3.05, 3.63) is 0 Å². The first-order valence-electron chi connectivity index (χ1n) is 8.49. The highest BCUT2D eigenvalue weighted by Crippen LogP contribution is 2.47. The largest absolute Gasteiger partial charge is 0.567 e. The van der Waals surface area contributed by atoms with Crippen LogP contribution in [-0.4, -0.2) is 68.3 Å². The predicted molar refractivity (Wildman–Crippen MR) is 102 cm³/mol. The molecule has 10 nitrogen and oxygen atoms in total. The van der Waals surface area contributed by atoms with Gasteiger partial charge in [0.15, 0.2) is 5.12 Å². The van der Waals surface area contributed by atoms with Gasteiger partial charge in [0.25, 0.3) is 0 Å². The quantitative estimate of drug-likeness (QED) is 0.171. The molecule has 0 fully saturated rings. The van der Waals surface area contributed by atoms with E-state index in [4.69, 9.17) is 14.7 Å². The van der Waals surface area contributed by atoms with Gasteiger partial charge in [-0.05, 0) is 6.42 Å². The standard InChI is InChI=1S/C15H29N2O8PS/c1-4-5-12(19)27-9-8-16-11(18)6-7-17-14(21)13(20)15(2,3)10-25-26(22,23)24/h13,20,22-24H,4-10H2,1-3H3,(H-,16,17,18,21)/p+1/t13-/m1/s1. The van der Waals surface area contributed by atoms with Gasteiger partial charge in [-0.3, -0.25) is 14.4 Å². The topological polar surface area (TPSA) is 165 Å². The Morgan fingerprint density at radius 3 is 2.30 bits per heavy atom. The van der Waals surface area contributed by atoms with Crippen molar-refractivity contribution < 1.29 is 38.7 Å². The lowest BCUT2D eigenvalue weighted by atomic mass is 9.87. The van der Waals surface area contributed by atoms with Gasteiger partial charge in [-0.1, -0.05) is 32.5 Å². The summed E-state index contributed by atoms with van der Waals surface area (Å²) in [6.07, 6.45) is -0.254. The Balaban J connectivity index is 4.06. The molecule has 1 atom stereocenters. The number of carbonyl (C=O) groups excluding carboxylic acids is 3. The first kappa shape index (κ1) is 26.2. The van der Waals surface area contributed by atoms with E-state index in [1.165, 1.54) is 25.6 Å². The maximum absolute atomic E-state index is 11.9. The maximum Gasteiger partial charge on any atom is 0.567 e. The molecule has 0 rings (SSSR count). The SMILES string of the molecule is CCCC(=O)SCCNC(=O)CCNC(=O)[C@@H](O)C(C)(C)CO[P+](O)(O)O. The average Bonchev–Trinajstić information content (AvgIpc) is 2.56. The number of hydrogen-bond donors (Lipinski definition) is 6. The van der Waals surface area contributed by atoms with Gasteiger partial charge in [-0.2, -0.15) is 19.2 Å². The molecule has 158 valence electrons. The fourth-order valence-corrected chi connectivity index (χ4v) is 3.09. The van der Waals surface area contributed by atoms with Gasteiger partial charge in [0.05, 0.1) is 0 Å². The van der Waals surface area contributed by atoms with Crippen LogP contribution in [0.1, 0.15) is 40.0 Å². The molecular weight excluding hydrogens is 399 g/mol. The minimum Gasteiger partial charge on any atom is -0.383 e. The van der Waals surface area contributed by atoms with Crippen LogP contribution in [0.4, 0.5) is 0 Å². The number of nitrogens with one attached hydrogen (secondary N) is 2. The van der Waals surface area contributed by atoms with Crippen molar-refractivity contribution in [2.24, 2.45) is 5.41 Å². The summed E-state index contributed by atoms with van der Waals surface area (Å²) in [4.78, 5) is 61.3. The number of hydrogen-bond acceptors (Lipinski definition) is 9. The molecule has 0 saturated heterocycles. The molecule has 0 aromatic rings. The second-order valence-corrected chi connectivity index (χ2v) is 8.98. The van der Waals surface area contributed by atoms with Gasteiger partial charge < -0.3 is 15.7 Å². The second kappa shape index (κ2) is 12.6. The fourth-order valence-electron chi connectivity index (χ4n) is 1.80. The Hall–Kier alpha value is -0.810. The summed E-state index contributed by atoms with van der Waals surface area (Å²) >= 11 is 1.17. The third kappa shape index (κ3) is 13.1. The van der Waals surface area contributed by atoms with Gasteiger partial charge in [0.1, 0.15) is 12.7 Å². The van der Waals surface area contributed by atoms with Crippen molar-refractivity contribution in [3.8, 4) is 0 Å². The minimum atomic E-state index is -4.46. The van der Waals surface area contributed by atoms with E-state index in [2.05, 4.69) is 15.2 Å². The van der Waals surface area contributed by atoms with E-state index in [9.17, 15) is 19.5 Å². The molecule has 6 N–H and O–H groups in total. The third-order valence-corrected chi connectivity index (χ3v) is 4.80. The normalized spacial score (nSPS) is 13.1. The molecule has 0 saturated carbocycles. The highest BCUT2D eigenvalue weighted by molar-refractivity contribution is 8.13. The maximum atomic E-state index is 11.9. The number of carbonyl (C=O) groups is 3. The van der Waals surface area contributed by atoms with Crippen molar-refractivity contribution in [3.63, 3.8) is 0 Å². The molecule has 0 aliphatic carbocycles. The summed E-state index contributed by atoms with van der Waals surface area (Å²) in [7, 11) is -4.46. The molecular formula is C15H30N2O8PS+. The molecule has 0 aromatic heterocycles. The van der Waals surface area contributed by atoms with Crippen molar-refractivity contribution in [2.75, 3.05) is 25.4 Å². The molecule has 0 bridgehead atoms. The van der Waals surface area contributed by atoms with Gasteiger partial charge in [0.2, 0.25) is 11.8 Å². The summed E-state index contributed by atoms with van der Waals surface area (Å²) in [6.45, 7) is 4.67. The smallest absolute Gasteiger partial charge is 0.383 e. The molecule has 2 amide bonds. The van der Waals surface area contributed by atoms with Crippen molar-refractivity contribution >= 4 is 36.9 Å². The van der Waals surface area contributed by atoms with Crippen LogP contribution in [0.3, 0.4) is 0 Å². The molecule has 0 spiro atoms. The summed E-state index contributed by atoms with van der Waals surface area (Å²) < 4.78 is 4.44. The van der Waals surface area contributed by atoms with E-state index < -0.39 is 32.2 Å². The van der Waals surface area contributed by atoms with Gasteiger partial charge in [-0.25, -0.2) is 0 Å². The first-order chi connectivity index (χ1) is 12.4. The van der Waals surface area contributed by atoms with Crippen LogP contribution in [0, 0.1) is 5.41 Å². The Bertz CT molecular complexity index is 499. The van der Waals surface area contributed by atoms with Gasteiger partial charge >= 0.3 is 8.17 Å². The van der Waals surface area contributed by atoms with E-state index in [1.807, 2.05) is 6.92 Å². The molecule has 0 aromatic carbocycles. The highest BCUT2D eigenvalue weighted by atomic mass is 32.2. The number of aliphatic hydroxyl groups excluding tert-OH is 1. The van der Waals surface area contributed by atoms with Crippen molar-refractivity contribution in [1.82, 2.24) is 10.6 Å². The van der Waals surface area contributed by atoms with Gasteiger partial charge in [0, 0.05) is 37.1 Å². The first-order valence-corrected chi connectivity index (χ1v) is 11.0. The van der Waals surface area contributed by atoms with E-state index in [0.717, 1.165) is 6.42 Å². The lowest BCUT2D eigenvalue weighted by Crippen LogP contribution is -2.46. The summed E-state index contributed by atoms with van der Waals surface area (Å²) in [5.41, 5.74) is -1.20. The molecule has 0 aliphatic rings. The van der Waals surface area contributed by atoms with Crippen LogP contribution < -0.4 is 10.6 Å². The Morgan fingerprint density at radius 1 is 1.11 bits per heavy atom. The predicted octanol–water partition coefficient (Wildman–Crippen LogP) is -0.273. The van der Waals surface area contributed by atoms with Crippen LogP contribution in [0.5, 0.6) is 0 Å². The van der Waals surface area contributed by atoms with Crippen LogP contribution >= 0.6 is 19.9 Å². The number of rotatable bonds is 13. The minimum absolute atomic E-state index is 0.00151. The van der Waals surface area contributed by atoms with E-state index >= 15 is 0 Å². The molecule has 0 unspecified atom stereocenters. The number of thioether (sulfide) groups is 1. The molecule has 0 aliphatic heterocycles. The van der Waals surface area contributed by atoms with Crippen LogP contribution in [0.25, 0.3) is 0 Å². The Kier molecular flexibility index (Phi) is 12.2. The average molecular weight is 429 g/mol. The summed E-state index contributed by atoms with van der Waals surface area (Å²) in [5, 5.41) is 15.1. The zero-order valence-corrected chi connectivity index (χ0v) is 17.5. The van der Waals surface area contributed by atoms with E-state index in [0.29, 0.717) is 18.7 Å². The Labute approximate surface area is 163 Å². The Morgan fingerprint density at radius 2 is 1.74 bits per heavy atom. The molecule has 27 heavy (non-hydrogen) atoms. The lowest BCUT2D eigenvalue weighted by Gasteiger charge is -2.28. The zero-order valence-electron chi connectivity index (χ0n) is 15.8. The van der Waals surface area contributed by atoms with E-state index in [1.54, 1.807) is 0 Å². The summed E-state index contributed by atoms with van der Waals surface area (Å²) in [6, 6.07) is 0. The van der Waals surface area contributed by atoms with E-state index in [-0.39, 0.29) is 24.0 Å². The van der Waals surface area contributed by atoms with Crippen LogP contribution in [0.15, 0.2) is 0 Å². The number of aliphatic hydroxyl groups is 1. The lowest BCUT2D eigenvalue weighted by molar-refractivity contribution is -0.137. The van der Waals surface area contributed by atoms with Crippen LogP contribution in [-0.2, 0) is 18.9 Å². The zero-order chi connectivity index (χ0) is 21.1. The molecule has 0 radical (unpaired) electrons.